The third-order valence-electron chi connectivity index (χ3n) is 4.89. The van der Waals surface area contributed by atoms with Crippen LogP contribution in [0.2, 0.25) is 0 Å². The van der Waals surface area contributed by atoms with E-state index in [0.717, 1.165) is 16.8 Å². The fraction of sp³-hybridized carbons (Fsp3) is 0.318. The molecule has 0 saturated heterocycles. The zero-order valence-electron chi connectivity index (χ0n) is 18.3. The van der Waals surface area contributed by atoms with Gasteiger partial charge in [-0.25, -0.2) is 0 Å². The molecule has 0 aromatic heterocycles. The maximum atomic E-state index is 5.49. The minimum Gasteiger partial charge on any atom is -0.493 e. The number of nitrogens with one attached hydrogen (secondary N) is 2. The van der Waals surface area contributed by atoms with Gasteiger partial charge in [-0.3, -0.25) is 0 Å². The Morgan fingerprint density at radius 3 is 1.55 bits per heavy atom. The predicted octanol–water partition coefficient (Wildman–Crippen LogP) is 3.30. The molecule has 0 radical (unpaired) electrons. The number of rotatable bonds is 8. The van der Waals surface area contributed by atoms with Crippen LogP contribution in [0.25, 0.3) is 5.70 Å². The molecule has 3 rings (SSSR count). The summed E-state index contributed by atoms with van der Waals surface area (Å²) in [5.41, 5.74) is 2.51. The zero-order valence-corrected chi connectivity index (χ0v) is 19.1. The van der Waals surface area contributed by atoms with Gasteiger partial charge in [0.05, 0.1) is 48.7 Å². The third-order valence-corrected chi connectivity index (χ3v) is 5.11. The molecule has 0 saturated carbocycles. The monoisotopic (exact) mass is 446 g/mol. The van der Waals surface area contributed by atoms with Gasteiger partial charge in [0.2, 0.25) is 11.5 Å². The third kappa shape index (κ3) is 4.41. The molecule has 0 spiro atoms. The van der Waals surface area contributed by atoms with E-state index < -0.39 is 0 Å². The van der Waals surface area contributed by atoms with Crippen molar-refractivity contribution < 1.29 is 28.4 Å². The van der Waals surface area contributed by atoms with E-state index in [2.05, 4.69) is 10.6 Å². The van der Waals surface area contributed by atoms with Crippen LogP contribution in [0.4, 0.5) is 0 Å². The van der Waals surface area contributed by atoms with Gasteiger partial charge in [0, 0.05) is 11.3 Å². The molecule has 2 aromatic rings. The van der Waals surface area contributed by atoms with Crippen LogP contribution in [-0.4, -0.2) is 47.8 Å². The summed E-state index contributed by atoms with van der Waals surface area (Å²) in [7, 11) is 9.46. The molecule has 8 nitrogen and oxygen atoms in total. The number of ether oxygens (including phenoxy) is 6. The summed E-state index contributed by atoms with van der Waals surface area (Å²) in [4.78, 5) is 0. The van der Waals surface area contributed by atoms with Crippen LogP contribution in [0.5, 0.6) is 34.5 Å². The minimum absolute atomic E-state index is 0.239. The number of benzene rings is 2. The van der Waals surface area contributed by atoms with Gasteiger partial charge >= 0.3 is 0 Å². The van der Waals surface area contributed by atoms with Gasteiger partial charge in [0.25, 0.3) is 0 Å². The number of hydrogen-bond donors (Lipinski definition) is 2. The predicted molar refractivity (Wildman–Crippen MR) is 122 cm³/mol. The molecule has 2 N–H and O–H groups in total. The lowest BCUT2D eigenvalue weighted by atomic mass is 10.00. The SMILES string of the molecule is COc1cc(C2=CC(c3cc(OC)c(OC)c(OC)c3)NC(=S)N2)cc(OC)c1OC. The van der Waals surface area contributed by atoms with Crippen molar-refractivity contribution in [2.75, 3.05) is 42.7 Å². The van der Waals surface area contributed by atoms with E-state index in [1.165, 1.54) is 0 Å². The maximum Gasteiger partial charge on any atom is 0.203 e. The molecule has 0 bridgehead atoms. The summed E-state index contributed by atoms with van der Waals surface area (Å²) >= 11 is 5.46. The van der Waals surface area contributed by atoms with E-state index in [1.54, 1.807) is 42.7 Å². The van der Waals surface area contributed by atoms with E-state index in [1.807, 2.05) is 30.3 Å². The normalized spacial score (nSPS) is 15.2. The second-order valence-corrected chi connectivity index (χ2v) is 6.94. The van der Waals surface area contributed by atoms with E-state index in [9.17, 15) is 0 Å². The van der Waals surface area contributed by atoms with Crippen LogP contribution in [0.1, 0.15) is 17.2 Å². The van der Waals surface area contributed by atoms with E-state index in [4.69, 9.17) is 40.6 Å². The van der Waals surface area contributed by atoms with Crippen molar-refractivity contribution in [1.82, 2.24) is 10.6 Å². The van der Waals surface area contributed by atoms with Gasteiger partial charge in [-0.05, 0) is 48.1 Å². The summed E-state index contributed by atoms with van der Waals surface area (Å²) in [6.07, 6.45) is 2.01. The second kappa shape index (κ2) is 9.65. The molecule has 0 amide bonds. The molecule has 1 aliphatic heterocycles. The van der Waals surface area contributed by atoms with Crippen LogP contribution < -0.4 is 39.1 Å². The van der Waals surface area contributed by atoms with Crippen molar-refractivity contribution >= 4 is 23.0 Å². The fourth-order valence-corrected chi connectivity index (χ4v) is 3.65. The van der Waals surface area contributed by atoms with Crippen molar-refractivity contribution in [3.05, 3.63) is 41.5 Å². The van der Waals surface area contributed by atoms with Crippen LogP contribution in [0.3, 0.4) is 0 Å². The fourth-order valence-electron chi connectivity index (χ4n) is 3.42. The van der Waals surface area contributed by atoms with Crippen molar-refractivity contribution in [3.8, 4) is 34.5 Å². The summed E-state index contributed by atoms with van der Waals surface area (Å²) in [6.45, 7) is 0. The Balaban J connectivity index is 2.09. The van der Waals surface area contributed by atoms with Crippen LogP contribution >= 0.6 is 12.2 Å². The molecule has 0 aliphatic carbocycles. The Labute approximate surface area is 187 Å². The molecule has 9 heteroatoms. The molecule has 1 unspecified atom stereocenters. The number of hydrogen-bond acceptors (Lipinski definition) is 7. The lowest BCUT2D eigenvalue weighted by Crippen LogP contribution is -2.40. The summed E-state index contributed by atoms with van der Waals surface area (Å²) in [6, 6.07) is 7.25. The summed E-state index contributed by atoms with van der Waals surface area (Å²) in [5.74, 6) is 3.27. The second-order valence-electron chi connectivity index (χ2n) is 6.53. The minimum atomic E-state index is -0.239. The first-order chi connectivity index (χ1) is 15.0. The average Bonchev–Trinajstić information content (AvgIpc) is 2.81. The van der Waals surface area contributed by atoms with Gasteiger partial charge in [-0.15, -0.1) is 0 Å². The van der Waals surface area contributed by atoms with E-state index in [-0.39, 0.29) is 6.04 Å². The maximum absolute atomic E-state index is 5.49. The lowest BCUT2D eigenvalue weighted by molar-refractivity contribution is 0.323. The van der Waals surface area contributed by atoms with Crippen molar-refractivity contribution in [2.45, 2.75) is 6.04 Å². The molecule has 31 heavy (non-hydrogen) atoms. The zero-order chi connectivity index (χ0) is 22.5. The average molecular weight is 447 g/mol. The molecule has 0 fully saturated rings. The highest BCUT2D eigenvalue weighted by Gasteiger charge is 2.24. The smallest absolute Gasteiger partial charge is 0.203 e. The standard InChI is InChI=1S/C22H26N2O6S/c1-25-16-7-12(8-17(26-2)20(16)29-5)14-11-15(24-22(31)23-14)13-9-18(27-3)21(30-6)19(10-13)28-4/h7-11,14H,1-6H3,(H2,23,24,31). The Kier molecular flexibility index (Phi) is 6.96. The molecule has 1 aliphatic rings. The first-order valence-corrected chi connectivity index (χ1v) is 9.80. The lowest BCUT2D eigenvalue weighted by Gasteiger charge is -2.27. The van der Waals surface area contributed by atoms with E-state index in [0.29, 0.717) is 39.6 Å². The molecule has 1 heterocycles. The topological polar surface area (TPSA) is 79.4 Å². The van der Waals surface area contributed by atoms with Gasteiger partial charge in [0.1, 0.15) is 0 Å². The van der Waals surface area contributed by atoms with Gasteiger partial charge in [0.15, 0.2) is 28.1 Å². The quantitative estimate of drug-likeness (QED) is 0.594. The van der Waals surface area contributed by atoms with Gasteiger partial charge in [-0.2, -0.15) is 0 Å². The first kappa shape index (κ1) is 22.4. The number of methoxy groups -OCH3 is 6. The molecule has 2 aromatic carbocycles. The highest BCUT2D eigenvalue weighted by molar-refractivity contribution is 7.80. The number of thiocarbonyl (C=S) groups is 1. The Hall–Kier alpha value is -3.33. The Morgan fingerprint density at radius 1 is 0.677 bits per heavy atom. The molecular weight excluding hydrogens is 420 g/mol. The van der Waals surface area contributed by atoms with Crippen LogP contribution in [0.15, 0.2) is 30.3 Å². The van der Waals surface area contributed by atoms with Gasteiger partial charge < -0.3 is 39.1 Å². The van der Waals surface area contributed by atoms with E-state index >= 15 is 0 Å². The van der Waals surface area contributed by atoms with Gasteiger partial charge in [-0.1, -0.05) is 0 Å². The highest BCUT2D eigenvalue weighted by Crippen LogP contribution is 2.42. The van der Waals surface area contributed by atoms with Crippen molar-refractivity contribution in [3.63, 3.8) is 0 Å². The largest absolute Gasteiger partial charge is 0.493 e. The highest BCUT2D eigenvalue weighted by atomic mass is 32.1. The van der Waals surface area contributed by atoms with Crippen LogP contribution in [0, 0.1) is 0 Å². The molecule has 1 atom stereocenters. The molecule has 166 valence electrons. The summed E-state index contributed by atoms with van der Waals surface area (Å²) < 4.78 is 32.8. The molecular formula is C22H26N2O6S. The van der Waals surface area contributed by atoms with Crippen molar-refractivity contribution in [2.24, 2.45) is 0 Å². The Morgan fingerprint density at radius 2 is 1.13 bits per heavy atom. The Bertz CT molecular complexity index is 957. The first-order valence-electron chi connectivity index (χ1n) is 9.39. The van der Waals surface area contributed by atoms with Crippen LogP contribution in [-0.2, 0) is 0 Å². The summed E-state index contributed by atoms with van der Waals surface area (Å²) in [5, 5.41) is 6.93. The van der Waals surface area contributed by atoms with Crippen molar-refractivity contribution in [1.29, 1.82) is 0 Å².